The highest BCUT2D eigenvalue weighted by molar-refractivity contribution is 8.18. The van der Waals surface area contributed by atoms with Crippen LogP contribution in [0, 0.1) is 19.7 Å². The molecule has 1 aliphatic heterocycles. The number of hydrogen-bond donors (Lipinski definition) is 1. The normalized spacial score (nSPS) is 17.3. The summed E-state index contributed by atoms with van der Waals surface area (Å²) in [7, 11) is 0. The van der Waals surface area contributed by atoms with Gasteiger partial charge in [0.05, 0.1) is 15.5 Å². The molecule has 0 bridgehead atoms. The number of amides is 3. The second-order valence-corrected chi connectivity index (χ2v) is 10.3. The van der Waals surface area contributed by atoms with Crippen LogP contribution in [0.5, 0.6) is 0 Å². The van der Waals surface area contributed by atoms with Crippen LogP contribution in [0.4, 0.5) is 9.18 Å². The summed E-state index contributed by atoms with van der Waals surface area (Å²) in [6, 6.07) is 5.66. The monoisotopic (exact) mass is 496 g/mol. The quantitative estimate of drug-likeness (QED) is 0.494. The van der Waals surface area contributed by atoms with E-state index in [4.69, 9.17) is 0 Å². The largest absolute Gasteiger partial charge is 0.350 e. The molecule has 0 unspecified atom stereocenters. The fourth-order valence-electron chi connectivity index (χ4n) is 3.87. The summed E-state index contributed by atoms with van der Waals surface area (Å²) in [6.45, 7) is 4.02. The van der Waals surface area contributed by atoms with Gasteiger partial charge in [-0.1, -0.05) is 12.1 Å². The third-order valence-electron chi connectivity index (χ3n) is 5.80. The predicted octanol–water partition coefficient (Wildman–Crippen LogP) is 4.79. The molecule has 34 heavy (non-hydrogen) atoms. The fraction of sp³-hybridized carbons (Fsp3) is 0.292. The average molecular weight is 497 g/mol. The number of carbonyl (C=O) groups is 3. The number of thiophene rings is 1. The van der Waals surface area contributed by atoms with Crippen molar-refractivity contribution in [3.63, 3.8) is 0 Å². The lowest BCUT2D eigenvalue weighted by Crippen LogP contribution is -2.37. The summed E-state index contributed by atoms with van der Waals surface area (Å²) in [5.74, 6) is 0.219. The van der Waals surface area contributed by atoms with Gasteiger partial charge in [-0.2, -0.15) is 0 Å². The molecule has 0 atom stereocenters. The van der Waals surface area contributed by atoms with Gasteiger partial charge in [0.2, 0.25) is 0 Å². The van der Waals surface area contributed by atoms with Gasteiger partial charge in [-0.05, 0) is 67.8 Å². The number of thioether (sulfide) groups is 1. The highest BCUT2D eigenvalue weighted by atomic mass is 32.2. The Labute approximate surface area is 203 Å². The van der Waals surface area contributed by atoms with Crippen LogP contribution >= 0.6 is 23.1 Å². The van der Waals surface area contributed by atoms with Crippen LogP contribution in [0.25, 0.3) is 16.3 Å². The fourth-order valence-corrected chi connectivity index (χ4v) is 5.89. The molecule has 1 aliphatic carbocycles. The van der Waals surface area contributed by atoms with Gasteiger partial charge in [0.1, 0.15) is 16.5 Å². The lowest BCUT2D eigenvalue weighted by atomic mass is 10.1. The van der Waals surface area contributed by atoms with E-state index in [1.165, 1.54) is 35.6 Å². The van der Waals surface area contributed by atoms with Crippen molar-refractivity contribution in [3.05, 3.63) is 62.5 Å². The maximum Gasteiger partial charge on any atom is 0.293 e. The first-order chi connectivity index (χ1) is 16.3. The number of rotatable bonds is 6. The number of nitrogens with one attached hydrogen (secondary N) is 1. The van der Waals surface area contributed by atoms with E-state index >= 15 is 0 Å². The highest BCUT2D eigenvalue weighted by Gasteiger charge is 2.35. The first-order valence-electron chi connectivity index (χ1n) is 10.9. The molecule has 3 aromatic rings. The Balaban J connectivity index is 1.24. The van der Waals surface area contributed by atoms with E-state index in [0.29, 0.717) is 16.4 Å². The lowest BCUT2D eigenvalue weighted by molar-refractivity contribution is -0.122. The number of benzene rings is 1. The smallest absolute Gasteiger partial charge is 0.293 e. The lowest BCUT2D eigenvalue weighted by Gasteiger charge is -2.12. The second-order valence-electron chi connectivity index (χ2n) is 8.32. The minimum Gasteiger partial charge on any atom is -0.350 e. The molecule has 1 saturated heterocycles. The van der Waals surface area contributed by atoms with Crippen LogP contribution in [0.1, 0.15) is 51.1 Å². The van der Waals surface area contributed by atoms with Crippen molar-refractivity contribution in [1.29, 1.82) is 0 Å². The molecule has 2 aromatic heterocycles. The Kier molecular flexibility index (Phi) is 5.95. The molecule has 3 heterocycles. The minimum atomic E-state index is -0.426. The van der Waals surface area contributed by atoms with Crippen molar-refractivity contribution in [3.8, 4) is 0 Å². The maximum absolute atomic E-state index is 13.1. The van der Waals surface area contributed by atoms with Gasteiger partial charge in [-0.15, -0.1) is 11.3 Å². The molecule has 2 fully saturated rings. The number of imide groups is 1. The summed E-state index contributed by atoms with van der Waals surface area (Å²) in [6.07, 6.45) is 3.77. The standard InChI is InChI=1S/C24H21FN4O3S2/c1-12-18-13(2)27-20(15-5-6-15)28-22(18)34-19(12)21(30)26-9-10-29-23(31)17(33-24(29)32)11-14-3-7-16(25)8-4-14/h3-4,7-8,11,15H,5-6,9-10H2,1-2H3,(H,26,30)/b17-11-. The van der Waals surface area contributed by atoms with E-state index < -0.39 is 11.1 Å². The van der Waals surface area contributed by atoms with Gasteiger partial charge in [0, 0.05) is 24.4 Å². The van der Waals surface area contributed by atoms with Crippen LogP contribution in [0.3, 0.4) is 0 Å². The van der Waals surface area contributed by atoms with E-state index in [0.717, 1.165) is 56.8 Å². The number of aryl methyl sites for hydroxylation is 2. The zero-order valence-corrected chi connectivity index (χ0v) is 20.2. The average Bonchev–Trinajstić information content (AvgIpc) is 3.55. The molecular weight excluding hydrogens is 475 g/mol. The SMILES string of the molecule is Cc1nc(C2CC2)nc2sc(C(=O)NCCN3C(=O)S/C(=C\c4ccc(F)cc4)C3=O)c(C)c12. The van der Waals surface area contributed by atoms with Gasteiger partial charge >= 0.3 is 0 Å². The number of nitrogens with zero attached hydrogens (tertiary/aromatic N) is 3. The first kappa shape index (κ1) is 22.7. The Morgan fingerprint density at radius 1 is 1.21 bits per heavy atom. The molecule has 3 amide bonds. The van der Waals surface area contributed by atoms with Crippen molar-refractivity contribution >= 4 is 56.4 Å². The number of carbonyl (C=O) groups excluding carboxylic acids is 3. The van der Waals surface area contributed by atoms with Gasteiger partial charge < -0.3 is 5.32 Å². The topological polar surface area (TPSA) is 92.3 Å². The first-order valence-corrected chi connectivity index (χ1v) is 12.5. The van der Waals surface area contributed by atoms with Crippen molar-refractivity contribution in [2.75, 3.05) is 13.1 Å². The van der Waals surface area contributed by atoms with Crippen molar-refractivity contribution < 1.29 is 18.8 Å². The van der Waals surface area contributed by atoms with Crippen LogP contribution in [-0.4, -0.2) is 45.0 Å². The van der Waals surface area contributed by atoms with Crippen LogP contribution in [0.15, 0.2) is 29.2 Å². The Bertz CT molecular complexity index is 1360. The van der Waals surface area contributed by atoms with Crippen LogP contribution < -0.4 is 5.32 Å². The van der Waals surface area contributed by atoms with Crippen molar-refractivity contribution in [2.24, 2.45) is 0 Å². The third-order valence-corrected chi connectivity index (χ3v) is 7.89. The molecule has 2 aliphatic rings. The summed E-state index contributed by atoms with van der Waals surface area (Å²) in [5.41, 5.74) is 2.35. The third kappa shape index (κ3) is 4.35. The number of halogens is 1. The highest BCUT2D eigenvalue weighted by Crippen LogP contribution is 2.40. The zero-order valence-electron chi connectivity index (χ0n) is 18.6. The minimum absolute atomic E-state index is 0.0613. The van der Waals surface area contributed by atoms with Crippen molar-refractivity contribution in [2.45, 2.75) is 32.6 Å². The van der Waals surface area contributed by atoms with E-state index in [-0.39, 0.29) is 29.7 Å². The molecule has 1 N–H and O–H groups in total. The summed E-state index contributed by atoms with van der Waals surface area (Å²) < 4.78 is 13.1. The maximum atomic E-state index is 13.1. The van der Waals surface area contributed by atoms with E-state index in [2.05, 4.69) is 15.3 Å². The van der Waals surface area contributed by atoms with E-state index in [9.17, 15) is 18.8 Å². The predicted molar refractivity (Wildman–Crippen MR) is 130 cm³/mol. The Hall–Kier alpha value is -3.11. The van der Waals surface area contributed by atoms with Gasteiger partial charge in [0.15, 0.2) is 0 Å². The molecule has 1 aromatic carbocycles. The molecular formula is C24H21FN4O3S2. The number of hydrogen-bond acceptors (Lipinski definition) is 7. The molecule has 7 nitrogen and oxygen atoms in total. The summed E-state index contributed by atoms with van der Waals surface area (Å²) >= 11 is 2.17. The van der Waals surface area contributed by atoms with Gasteiger partial charge in [-0.3, -0.25) is 19.3 Å². The zero-order chi connectivity index (χ0) is 24.0. The van der Waals surface area contributed by atoms with E-state index in [1.54, 1.807) is 6.08 Å². The van der Waals surface area contributed by atoms with Gasteiger partial charge in [0.25, 0.3) is 17.1 Å². The van der Waals surface area contributed by atoms with Crippen LogP contribution in [-0.2, 0) is 4.79 Å². The number of fused-ring (bicyclic) bond motifs is 1. The van der Waals surface area contributed by atoms with Crippen molar-refractivity contribution in [1.82, 2.24) is 20.2 Å². The summed E-state index contributed by atoms with van der Waals surface area (Å²) in [5, 5.41) is 3.33. The summed E-state index contributed by atoms with van der Waals surface area (Å²) in [4.78, 5) is 49.9. The molecule has 0 spiro atoms. The Morgan fingerprint density at radius 3 is 2.65 bits per heavy atom. The van der Waals surface area contributed by atoms with E-state index in [1.807, 2.05) is 13.8 Å². The molecule has 174 valence electrons. The molecule has 10 heteroatoms. The van der Waals surface area contributed by atoms with Crippen LogP contribution in [0.2, 0.25) is 0 Å². The molecule has 0 radical (unpaired) electrons. The van der Waals surface area contributed by atoms with Gasteiger partial charge in [-0.25, -0.2) is 14.4 Å². The molecule has 5 rings (SSSR count). The Morgan fingerprint density at radius 2 is 1.94 bits per heavy atom. The second kappa shape index (κ2) is 8.92. The number of aromatic nitrogens is 2. The molecule has 1 saturated carbocycles.